The van der Waals surface area contributed by atoms with Crippen LogP contribution in [0, 0.1) is 12.2 Å². The van der Waals surface area contributed by atoms with E-state index in [1.807, 2.05) is 24.3 Å². The smallest absolute Gasteiger partial charge is 1.00 e. The predicted octanol–water partition coefficient (Wildman–Crippen LogP) is -2.83. The SMILES string of the molecule is C=CC1=[C-]CC=C1.[C-]1=CC=CC1.[Cl-].[Cl-].[Hf+4]. The van der Waals surface area contributed by atoms with Crippen molar-refractivity contribution in [1.29, 1.82) is 0 Å². The molecule has 0 N–H and O–H groups in total. The van der Waals surface area contributed by atoms with Gasteiger partial charge in [-0.15, -0.1) is 12.5 Å². The van der Waals surface area contributed by atoms with Crippen LogP contribution in [0.2, 0.25) is 0 Å². The summed E-state index contributed by atoms with van der Waals surface area (Å²) in [5, 5.41) is 0. The van der Waals surface area contributed by atoms with E-state index in [0.29, 0.717) is 0 Å². The normalized spacial score (nSPS) is 13.7. The largest absolute Gasteiger partial charge is 4.00 e. The molecule has 78 valence electrons. The third-order valence-corrected chi connectivity index (χ3v) is 1.53. The summed E-state index contributed by atoms with van der Waals surface area (Å²) in [4.78, 5) is 0. The molecule has 0 aromatic heterocycles. The molecule has 0 radical (unpaired) electrons. The second kappa shape index (κ2) is 14.2. The maximum Gasteiger partial charge on any atom is 4.00 e. The molecule has 2 aliphatic carbocycles. The molecule has 3 heteroatoms. The summed E-state index contributed by atoms with van der Waals surface area (Å²) in [7, 11) is 0. The van der Waals surface area contributed by atoms with Crippen molar-refractivity contribution in [2.45, 2.75) is 12.8 Å². The molecule has 2 rings (SSSR count). The summed E-state index contributed by atoms with van der Waals surface area (Å²) in [6.07, 6.45) is 19.9. The van der Waals surface area contributed by atoms with E-state index in [2.05, 4.69) is 30.9 Å². The van der Waals surface area contributed by atoms with Crippen molar-refractivity contribution in [3.05, 3.63) is 60.8 Å². The molecule has 0 spiro atoms. The molecule has 0 fully saturated rings. The Morgan fingerprint density at radius 2 is 1.93 bits per heavy atom. The van der Waals surface area contributed by atoms with Gasteiger partial charge in [0, 0.05) is 0 Å². The number of rotatable bonds is 1. The van der Waals surface area contributed by atoms with Crippen molar-refractivity contribution < 1.29 is 50.7 Å². The Balaban J connectivity index is -0.000000165. The standard InChI is InChI=1S/C7H7.C5H5.2ClH.Hf/c1-2-7-5-3-4-6-7;1-2-4-5-3-1;;;/h2-3,5H,1,4H2;1-3H,4H2;2*1H;/q2*-1;;;+4/p-2. The molecule has 0 nitrogen and oxygen atoms in total. The number of allylic oxidation sites excluding steroid dienone is 9. The molecule has 0 bridgehead atoms. The van der Waals surface area contributed by atoms with Crippen molar-refractivity contribution in [3.63, 3.8) is 0 Å². The topological polar surface area (TPSA) is 0 Å². The van der Waals surface area contributed by atoms with Gasteiger partial charge in [-0.3, -0.25) is 6.08 Å². The molecule has 0 atom stereocenters. The second-order valence-electron chi connectivity index (χ2n) is 2.45. The molecule has 0 saturated carbocycles. The van der Waals surface area contributed by atoms with Crippen molar-refractivity contribution in [2.75, 3.05) is 0 Å². The van der Waals surface area contributed by atoms with Crippen molar-refractivity contribution in [3.8, 4) is 0 Å². The van der Waals surface area contributed by atoms with Gasteiger partial charge < -0.3 is 24.8 Å². The molecule has 0 heterocycles. The van der Waals surface area contributed by atoms with Crippen LogP contribution in [-0.4, -0.2) is 0 Å². The Kier molecular flexibility index (Phi) is 19.4. The Morgan fingerprint density at radius 3 is 2.13 bits per heavy atom. The molecule has 0 aliphatic heterocycles. The average molecular weight is 406 g/mol. The first-order valence-electron chi connectivity index (χ1n) is 4.05. The monoisotopic (exact) mass is 406 g/mol. The zero-order valence-corrected chi connectivity index (χ0v) is 13.4. The van der Waals surface area contributed by atoms with Gasteiger partial charge in [0.05, 0.1) is 0 Å². The molecule has 15 heavy (non-hydrogen) atoms. The fraction of sp³-hybridized carbons (Fsp3) is 0.167. The van der Waals surface area contributed by atoms with E-state index in [9.17, 15) is 0 Å². The van der Waals surface area contributed by atoms with Gasteiger partial charge in [0.2, 0.25) is 0 Å². The van der Waals surface area contributed by atoms with Gasteiger partial charge in [0.15, 0.2) is 0 Å². The fourth-order valence-electron chi connectivity index (χ4n) is 0.902. The van der Waals surface area contributed by atoms with E-state index in [4.69, 9.17) is 0 Å². The quantitative estimate of drug-likeness (QED) is 0.326. The minimum atomic E-state index is 0. The molecular formula is C12H12Cl2Hf. The Bertz CT molecular complexity index is 253. The van der Waals surface area contributed by atoms with E-state index in [1.54, 1.807) is 0 Å². The third-order valence-electron chi connectivity index (χ3n) is 1.53. The summed E-state index contributed by atoms with van der Waals surface area (Å²) in [5.74, 6) is 0. The van der Waals surface area contributed by atoms with Crippen LogP contribution in [0.5, 0.6) is 0 Å². The van der Waals surface area contributed by atoms with E-state index in [0.717, 1.165) is 18.4 Å². The van der Waals surface area contributed by atoms with E-state index in [-0.39, 0.29) is 50.7 Å². The summed E-state index contributed by atoms with van der Waals surface area (Å²) >= 11 is 0. The predicted molar refractivity (Wildman–Crippen MR) is 52.3 cm³/mol. The van der Waals surface area contributed by atoms with Crippen molar-refractivity contribution in [1.82, 2.24) is 0 Å². The molecule has 0 aromatic rings. The summed E-state index contributed by atoms with van der Waals surface area (Å²) in [6, 6.07) is 0. The number of halogens is 2. The van der Waals surface area contributed by atoms with Crippen LogP contribution in [0.4, 0.5) is 0 Å². The van der Waals surface area contributed by atoms with E-state index in [1.165, 1.54) is 0 Å². The first-order chi connectivity index (χ1) is 5.93. The van der Waals surface area contributed by atoms with Crippen LogP contribution in [0.3, 0.4) is 0 Å². The van der Waals surface area contributed by atoms with Crippen LogP contribution in [0.15, 0.2) is 48.6 Å². The molecule has 0 unspecified atom stereocenters. The van der Waals surface area contributed by atoms with Crippen molar-refractivity contribution in [2.24, 2.45) is 0 Å². The van der Waals surface area contributed by atoms with Gasteiger partial charge in [-0.1, -0.05) is 6.42 Å². The van der Waals surface area contributed by atoms with Crippen LogP contribution in [0.1, 0.15) is 12.8 Å². The van der Waals surface area contributed by atoms with Crippen molar-refractivity contribution >= 4 is 0 Å². The molecule has 2 aliphatic rings. The minimum absolute atomic E-state index is 0. The number of hydrogen-bond donors (Lipinski definition) is 0. The van der Waals surface area contributed by atoms with E-state index < -0.39 is 0 Å². The van der Waals surface area contributed by atoms with Gasteiger partial charge in [-0.25, -0.2) is 12.2 Å². The maximum absolute atomic E-state index is 3.59. The minimum Gasteiger partial charge on any atom is -1.00 e. The zero-order chi connectivity index (χ0) is 8.65. The second-order valence-corrected chi connectivity index (χ2v) is 2.45. The Labute approximate surface area is 124 Å². The third kappa shape index (κ3) is 10.4. The van der Waals surface area contributed by atoms with Crippen LogP contribution in [0.25, 0.3) is 0 Å². The Hall–Kier alpha value is 0.150. The summed E-state index contributed by atoms with van der Waals surface area (Å²) in [6.45, 7) is 3.59. The number of hydrogen-bond acceptors (Lipinski definition) is 0. The zero-order valence-electron chi connectivity index (χ0n) is 8.34. The summed E-state index contributed by atoms with van der Waals surface area (Å²) in [5.41, 5.74) is 1.13. The molecular weight excluding hydrogens is 394 g/mol. The first-order valence-corrected chi connectivity index (χ1v) is 4.05. The van der Waals surface area contributed by atoms with Gasteiger partial charge in [0.1, 0.15) is 0 Å². The van der Waals surface area contributed by atoms with Crippen LogP contribution in [-0.2, 0) is 25.8 Å². The molecule has 0 aromatic carbocycles. The van der Waals surface area contributed by atoms with Gasteiger partial charge in [-0.05, 0) is 0 Å². The maximum atomic E-state index is 3.59. The Morgan fingerprint density at radius 1 is 1.20 bits per heavy atom. The fourth-order valence-corrected chi connectivity index (χ4v) is 0.902. The summed E-state index contributed by atoms with van der Waals surface area (Å²) < 4.78 is 0. The van der Waals surface area contributed by atoms with Gasteiger partial charge in [0.25, 0.3) is 0 Å². The van der Waals surface area contributed by atoms with E-state index >= 15 is 0 Å². The average Bonchev–Trinajstić information content (AvgIpc) is 2.81. The molecule has 0 saturated heterocycles. The first kappa shape index (κ1) is 20.5. The van der Waals surface area contributed by atoms with Gasteiger partial charge >= 0.3 is 25.8 Å². The van der Waals surface area contributed by atoms with Gasteiger partial charge in [-0.2, -0.15) is 36.5 Å². The van der Waals surface area contributed by atoms with Crippen LogP contribution >= 0.6 is 0 Å². The van der Waals surface area contributed by atoms with Crippen LogP contribution < -0.4 is 24.8 Å². The molecule has 0 amide bonds.